The number of benzene rings is 2. The van der Waals surface area contributed by atoms with Crippen LogP contribution in [0.2, 0.25) is 0 Å². The number of carboxylic acid groups (broad SMARTS) is 1. The monoisotopic (exact) mass is 398 g/mol. The second-order valence-corrected chi connectivity index (χ2v) is 6.88. The average molecular weight is 398 g/mol. The minimum Gasteiger partial charge on any atom is -0.497 e. The van der Waals surface area contributed by atoms with Crippen molar-refractivity contribution in [2.24, 2.45) is 4.99 Å². The van der Waals surface area contributed by atoms with Crippen molar-refractivity contribution in [3.8, 4) is 11.5 Å². The van der Waals surface area contributed by atoms with Gasteiger partial charge in [-0.15, -0.1) is 0 Å². The Labute approximate surface area is 166 Å². The van der Waals surface area contributed by atoms with E-state index in [0.29, 0.717) is 21.5 Å². The highest BCUT2D eigenvalue weighted by atomic mass is 32.2. The molecule has 0 aromatic heterocycles. The molecule has 0 saturated carbocycles. The fraction of sp³-hybridized carbons (Fsp3) is 0.150. The first-order valence-electron chi connectivity index (χ1n) is 8.38. The predicted octanol–water partition coefficient (Wildman–Crippen LogP) is 3.44. The van der Waals surface area contributed by atoms with Crippen molar-refractivity contribution in [2.75, 3.05) is 7.11 Å². The summed E-state index contributed by atoms with van der Waals surface area (Å²) in [4.78, 5) is 27.9. The van der Waals surface area contributed by atoms with Gasteiger partial charge in [0.05, 0.1) is 17.7 Å². The number of rotatable bonds is 6. The standard InChI is InChI=1S/C20H18N2O5S/c1-12(19(24)25)27-16-7-3-13(4-8-16)11-17-18(23)22-20(28-17)21-14-5-9-15(26-2)10-6-14/h3-12H,1-2H3,(H,24,25)(H,21,22,23)/b17-11+/t12-/m1/s1. The summed E-state index contributed by atoms with van der Waals surface area (Å²) in [6.45, 7) is 1.46. The van der Waals surface area contributed by atoms with Crippen LogP contribution in [0.5, 0.6) is 11.5 Å². The molecule has 8 heteroatoms. The number of nitrogens with zero attached hydrogens (tertiary/aromatic N) is 1. The van der Waals surface area contributed by atoms with Gasteiger partial charge in [0.2, 0.25) is 0 Å². The quantitative estimate of drug-likeness (QED) is 0.724. The smallest absolute Gasteiger partial charge is 0.344 e. The molecule has 0 unspecified atom stereocenters. The summed E-state index contributed by atoms with van der Waals surface area (Å²) in [5.74, 6) is -0.0776. The van der Waals surface area contributed by atoms with Crippen LogP contribution in [0.3, 0.4) is 0 Å². The van der Waals surface area contributed by atoms with Crippen LogP contribution in [0.4, 0.5) is 5.69 Å². The summed E-state index contributed by atoms with van der Waals surface area (Å²) >= 11 is 1.25. The summed E-state index contributed by atoms with van der Waals surface area (Å²) in [5.41, 5.74) is 1.50. The van der Waals surface area contributed by atoms with Gasteiger partial charge >= 0.3 is 5.97 Å². The molecule has 28 heavy (non-hydrogen) atoms. The number of carboxylic acids is 1. The summed E-state index contributed by atoms with van der Waals surface area (Å²) in [6, 6.07) is 14.0. The van der Waals surface area contributed by atoms with Gasteiger partial charge < -0.3 is 19.9 Å². The molecule has 2 aromatic rings. The molecule has 2 N–H and O–H groups in total. The van der Waals surface area contributed by atoms with Crippen molar-refractivity contribution >= 4 is 40.6 Å². The van der Waals surface area contributed by atoms with Crippen LogP contribution in [0.25, 0.3) is 6.08 Å². The number of aliphatic imine (C=N–C) groups is 1. The van der Waals surface area contributed by atoms with Crippen LogP contribution in [0.15, 0.2) is 58.4 Å². The maximum Gasteiger partial charge on any atom is 0.344 e. The van der Waals surface area contributed by atoms with Gasteiger partial charge in [0.15, 0.2) is 11.3 Å². The van der Waals surface area contributed by atoms with E-state index in [4.69, 9.17) is 14.6 Å². The lowest BCUT2D eigenvalue weighted by Gasteiger charge is -2.10. The first-order valence-corrected chi connectivity index (χ1v) is 9.19. The van der Waals surface area contributed by atoms with Crippen molar-refractivity contribution in [1.82, 2.24) is 5.32 Å². The Bertz CT molecular complexity index is 936. The van der Waals surface area contributed by atoms with Crippen molar-refractivity contribution in [2.45, 2.75) is 13.0 Å². The van der Waals surface area contributed by atoms with E-state index >= 15 is 0 Å². The lowest BCUT2D eigenvalue weighted by atomic mass is 10.2. The minimum absolute atomic E-state index is 0.225. The molecule has 1 saturated heterocycles. The van der Waals surface area contributed by atoms with Crippen molar-refractivity contribution in [3.63, 3.8) is 0 Å². The van der Waals surface area contributed by atoms with Crippen LogP contribution in [0.1, 0.15) is 12.5 Å². The number of thioether (sulfide) groups is 1. The van der Waals surface area contributed by atoms with Crippen LogP contribution in [-0.2, 0) is 9.59 Å². The molecule has 1 atom stereocenters. The Morgan fingerprint density at radius 1 is 1.14 bits per heavy atom. The lowest BCUT2D eigenvalue weighted by Crippen LogP contribution is -2.22. The zero-order valence-electron chi connectivity index (χ0n) is 15.2. The van der Waals surface area contributed by atoms with E-state index in [1.165, 1.54) is 18.7 Å². The molecule has 2 aromatic carbocycles. The van der Waals surface area contributed by atoms with Crippen molar-refractivity contribution in [1.29, 1.82) is 0 Å². The van der Waals surface area contributed by atoms with Gasteiger partial charge in [-0.2, -0.15) is 0 Å². The number of ether oxygens (including phenoxy) is 2. The number of methoxy groups -OCH3 is 1. The van der Waals surface area contributed by atoms with Gasteiger partial charge in [-0.1, -0.05) is 12.1 Å². The lowest BCUT2D eigenvalue weighted by molar-refractivity contribution is -0.144. The molecular formula is C20H18N2O5S. The molecular weight excluding hydrogens is 380 g/mol. The molecule has 1 aliphatic heterocycles. The SMILES string of the molecule is COc1ccc(N=C2NC(=O)/C(=C\c3ccc(O[C@H](C)C(=O)O)cc3)S2)cc1. The van der Waals surface area contributed by atoms with Crippen LogP contribution in [-0.4, -0.2) is 35.4 Å². The third-order valence-corrected chi connectivity index (χ3v) is 4.70. The maximum atomic E-state index is 12.2. The number of amides is 1. The molecule has 1 fully saturated rings. The third-order valence-electron chi connectivity index (χ3n) is 3.79. The number of carbonyl (C=O) groups is 2. The molecule has 1 heterocycles. The van der Waals surface area contributed by atoms with Crippen LogP contribution >= 0.6 is 11.8 Å². The minimum atomic E-state index is -1.03. The van der Waals surface area contributed by atoms with Gasteiger partial charge in [-0.25, -0.2) is 9.79 Å². The number of hydrogen-bond donors (Lipinski definition) is 2. The molecule has 1 aliphatic rings. The number of nitrogens with one attached hydrogen (secondary N) is 1. The summed E-state index contributed by atoms with van der Waals surface area (Å²) in [7, 11) is 1.59. The van der Waals surface area contributed by atoms with Gasteiger partial charge in [0.1, 0.15) is 11.5 Å². The largest absolute Gasteiger partial charge is 0.497 e. The first kappa shape index (κ1) is 19.5. The van der Waals surface area contributed by atoms with E-state index in [1.807, 2.05) is 0 Å². The Hall–Kier alpha value is -3.26. The molecule has 0 spiro atoms. The highest BCUT2D eigenvalue weighted by Crippen LogP contribution is 2.29. The molecule has 0 bridgehead atoms. The molecule has 144 valence electrons. The molecule has 0 radical (unpaired) electrons. The van der Waals surface area contributed by atoms with E-state index < -0.39 is 12.1 Å². The Balaban J connectivity index is 1.69. The van der Waals surface area contributed by atoms with E-state index in [0.717, 1.165) is 11.3 Å². The highest BCUT2D eigenvalue weighted by molar-refractivity contribution is 8.18. The second-order valence-electron chi connectivity index (χ2n) is 5.85. The third kappa shape index (κ3) is 4.92. The Morgan fingerprint density at radius 3 is 2.39 bits per heavy atom. The molecule has 7 nitrogen and oxygen atoms in total. The summed E-state index contributed by atoms with van der Waals surface area (Å²) < 4.78 is 10.4. The maximum absolute atomic E-state index is 12.2. The zero-order chi connectivity index (χ0) is 20.1. The highest BCUT2D eigenvalue weighted by Gasteiger charge is 2.23. The number of hydrogen-bond acceptors (Lipinski definition) is 6. The van der Waals surface area contributed by atoms with E-state index in [2.05, 4.69) is 10.3 Å². The van der Waals surface area contributed by atoms with E-state index in [1.54, 1.807) is 61.7 Å². The van der Waals surface area contributed by atoms with Crippen molar-refractivity contribution in [3.05, 3.63) is 59.0 Å². The normalized spacial score (nSPS) is 17.4. The van der Waals surface area contributed by atoms with Gasteiger partial charge in [0, 0.05) is 0 Å². The van der Waals surface area contributed by atoms with E-state index in [9.17, 15) is 9.59 Å². The topological polar surface area (TPSA) is 97.2 Å². The van der Waals surface area contributed by atoms with Gasteiger partial charge in [-0.3, -0.25) is 4.79 Å². The molecule has 1 amide bonds. The fourth-order valence-corrected chi connectivity index (χ4v) is 3.14. The van der Waals surface area contributed by atoms with Crippen LogP contribution < -0.4 is 14.8 Å². The number of carbonyl (C=O) groups excluding carboxylic acids is 1. The predicted molar refractivity (Wildman–Crippen MR) is 108 cm³/mol. The zero-order valence-corrected chi connectivity index (χ0v) is 16.0. The Morgan fingerprint density at radius 2 is 1.79 bits per heavy atom. The second kappa shape index (κ2) is 8.62. The first-order chi connectivity index (χ1) is 13.4. The molecule has 3 rings (SSSR count). The number of amidine groups is 1. The van der Waals surface area contributed by atoms with Gasteiger partial charge in [-0.05, 0) is 66.7 Å². The average Bonchev–Trinajstić information content (AvgIpc) is 3.02. The van der Waals surface area contributed by atoms with Gasteiger partial charge in [0.25, 0.3) is 5.91 Å². The van der Waals surface area contributed by atoms with E-state index in [-0.39, 0.29) is 5.91 Å². The molecule has 0 aliphatic carbocycles. The summed E-state index contributed by atoms with van der Waals surface area (Å²) in [5, 5.41) is 12.1. The number of aliphatic carboxylic acids is 1. The van der Waals surface area contributed by atoms with Crippen molar-refractivity contribution < 1.29 is 24.2 Å². The summed E-state index contributed by atoms with van der Waals surface area (Å²) in [6.07, 6.45) is 0.804. The Kier molecular flexibility index (Phi) is 6.00. The van der Waals surface area contributed by atoms with Crippen LogP contribution in [0, 0.1) is 0 Å². The fourth-order valence-electron chi connectivity index (χ4n) is 2.30.